The van der Waals surface area contributed by atoms with E-state index in [9.17, 15) is 0 Å². The van der Waals surface area contributed by atoms with Crippen LogP contribution in [0.25, 0.3) is 0 Å². The molecule has 0 bridgehead atoms. The molecule has 1 aliphatic heterocycles. The topological polar surface area (TPSA) is 40.7 Å². The van der Waals surface area contributed by atoms with E-state index in [0.29, 0.717) is 0 Å². The Morgan fingerprint density at radius 1 is 1.56 bits per heavy atom. The standard InChI is InChI=1S/C6H9N3/c1-4-5-2-3-7-6(5)9-8-4/h2-3H2,1H3,(H2,7,8,9). The van der Waals surface area contributed by atoms with Crippen molar-refractivity contribution in [2.45, 2.75) is 13.3 Å². The summed E-state index contributed by atoms with van der Waals surface area (Å²) in [5.41, 5.74) is 2.56. The van der Waals surface area contributed by atoms with Crippen molar-refractivity contribution in [3.05, 3.63) is 11.3 Å². The van der Waals surface area contributed by atoms with E-state index in [1.807, 2.05) is 0 Å². The van der Waals surface area contributed by atoms with Crippen molar-refractivity contribution < 1.29 is 0 Å². The first-order chi connectivity index (χ1) is 4.38. The van der Waals surface area contributed by atoms with E-state index in [4.69, 9.17) is 0 Å². The minimum Gasteiger partial charge on any atom is -0.368 e. The summed E-state index contributed by atoms with van der Waals surface area (Å²) in [7, 11) is 0. The van der Waals surface area contributed by atoms with Crippen molar-refractivity contribution in [2.75, 3.05) is 11.9 Å². The highest BCUT2D eigenvalue weighted by Gasteiger charge is 2.14. The maximum atomic E-state index is 4.06. The van der Waals surface area contributed by atoms with Gasteiger partial charge in [-0.2, -0.15) is 5.10 Å². The summed E-state index contributed by atoms with van der Waals surface area (Å²) in [5.74, 6) is 1.05. The second-order valence-electron chi connectivity index (χ2n) is 2.35. The number of fused-ring (bicyclic) bond motifs is 1. The van der Waals surface area contributed by atoms with Gasteiger partial charge in [0.1, 0.15) is 0 Å². The van der Waals surface area contributed by atoms with Gasteiger partial charge in [-0.15, -0.1) is 0 Å². The zero-order chi connectivity index (χ0) is 6.27. The van der Waals surface area contributed by atoms with Crippen LogP contribution in [0.15, 0.2) is 0 Å². The molecule has 2 heterocycles. The Balaban J connectivity index is 2.56. The molecule has 0 unspecified atom stereocenters. The van der Waals surface area contributed by atoms with E-state index in [1.54, 1.807) is 0 Å². The lowest BCUT2D eigenvalue weighted by Gasteiger charge is -1.85. The molecule has 0 saturated carbocycles. The Morgan fingerprint density at radius 3 is 3.22 bits per heavy atom. The number of aromatic amines is 1. The molecule has 0 fully saturated rings. The number of nitrogens with one attached hydrogen (secondary N) is 2. The van der Waals surface area contributed by atoms with Crippen molar-refractivity contribution in [2.24, 2.45) is 0 Å². The quantitative estimate of drug-likeness (QED) is 0.532. The third-order valence-electron chi connectivity index (χ3n) is 1.74. The Morgan fingerprint density at radius 2 is 2.44 bits per heavy atom. The molecule has 1 aromatic heterocycles. The predicted octanol–water partition coefficient (Wildman–Crippen LogP) is 0.686. The number of anilines is 1. The Hall–Kier alpha value is -0.990. The van der Waals surface area contributed by atoms with Crippen molar-refractivity contribution in [1.82, 2.24) is 10.2 Å². The van der Waals surface area contributed by atoms with E-state index >= 15 is 0 Å². The molecule has 48 valence electrons. The van der Waals surface area contributed by atoms with E-state index in [1.165, 1.54) is 11.3 Å². The highest BCUT2D eigenvalue weighted by Crippen LogP contribution is 2.20. The zero-order valence-corrected chi connectivity index (χ0v) is 5.36. The van der Waals surface area contributed by atoms with Gasteiger partial charge in [0.2, 0.25) is 0 Å². The van der Waals surface area contributed by atoms with Crippen LogP contribution in [0, 0.1) is 6.92 Å². The third-order valence-corrected chi connectivity index (χ3v) is 1.74. The normalized spacial score (nSPS) is 15.2. The highest BCUT2D eigenvalue weighted by molar-refractivity contribution is 5.50. The monoisotopic (exact) mass is 123 g/mol. The molecular weight excluding hydrogens is 114 g/mol. The summed E-state index contributed by atoms with van der Waals surface area (Å²) >= 11 is 0. The number of nitrogens with zero attached hydrogens (tertiary/aromatic N) is 1. The van der Waals surface area contributed by atoms with E-state index < -0.39 is 0 Å². The second-order valence-corrected chi connectivity index (χ2v) is 2.35. The third kappa shape index (κ3) is 0.542. The molecule has 3 heteroatoms. The van der Waals surface area contributed by atoms with Crippen molar-refractivity contribution in [3.8, 4) is 0 Å². The van der Waals surface area contributed by atoms with Crippen molar-refractivity contribution in [3.63, 3.8) is 0 Å². The molecule has 0 atom stereocenters. The van der Waals surface area contributed by atoms with Crippen LogP contribution in [0.5, 0.6) is 0 Å². The maximum Gasteiger partial charge on any atom is 0.151 e. The summed E-state index contributed by atoms with van der Waals surface area (Å²) in [6, 6.07) is 0. The first kappa shape index (κ1) is 4.85. The minimum absolute atomic E-state index is 1.05. The second kappa shape index (κ2) is 1.50. The van der Waals surface area contributed by atoms with Gasteiger partial charge in [0, 0.05) is 17.8 Å². The molecule has 2 N–H and O–H groups in total. The summed E-state index contributed by atoms with van der Waals surface area (Å²) in [6.45, 7) is 3.10. The number of aryl methyl sites for hydroxylation is 1. The average molecular weight is 123 g/mol. The minimum atomic E-state index is 1.05. The van der Waals surface area contributed by atoms with Crippen LogP contribution in [0.1, 0.15) is 11.3 Å². The van der Waals surface area contributed by atoms with E-state index in [2.05, 4.69) is 22.4 Å². The van der Waals surface area contributed by atoms with Gasteiger partial charge in [0.05, 0.1) is 0 Å². The number of aromatic nitrogens is 2. The van der Waals surface area contributed by atoms with Crippen LogP contribution in [0.4, 0.5) is 5.82 Å². The fourth-order valence-corrected chi connectivity index (χ4v) is 1.21. The lowest BCUT2D eigenvalue weighted by atomic mass is 10.2. The maximum absolute atomic E-state index is 4.06. The Kier molecular flexibility index (Phi) is 0.806. The number of rotatable bonds is 0. The Bertz CT molecular complexity index is 226. The average Bonchev–Trinajstić information content (AvgIpc) is 2.35. The molecule has 0 saturated heterocycles. The van der Waals surface area contributed by atoms with Gasteiger partial charge in [0.25, 0.3) is 0 Å². The predicted molar refractivity (Wildman–Crippen MR) is 35.5 cm³/mol. The highest BCUT2D eigenvalue weighted by atomic mass is 15.2. The first-order valence-corrected chi connectivity index (χ1v) is 3.15. The van der Waals surface area contributed by atoms with Gasteiger partial charge in [-0.05, 0) is 13.3 Å². The molecule has 0 radical (unpaired) electrons. The summed E-state index contributed by atoms with van der Waals surface area (Å²) in [4.78, 5) is 0. The van der Waals surface area contributed by atoms with E-state index in [-0.39, 0.29) is 0 Å². The lowest BCUT2D eigenvalue weighted by Crippen LogP contribution is -1.94. The summed E-state index contributed by atoms with van der Waals surface area (Å²) in [6.07, 6.45) is 1.12. The number of H-pyrrole nitrogens is 1. The molecule has 2 rings (SSSR count). The smallest absolute Gasteiger partial charge is 0.151 e. The van der Waals surface area contributed by atoms with Gasteiger partial charge in [-0.1, -0.05) is 0 Å². The zero-order valence-electron chi connectivity index (χ0n) is 5.36. The van der Waals surface area contributed by atoms with Crippen LogP contribution < -0.4 is 5.32 Å². The van der Waals surface area contributed by atoms with Gasteiger partial charge in [0.15, 0.2) is 5.82 Å². The molecule has 3 nitrogen and oxygen atoms in total. The van der Waals surface area contributed by atoms with Gasteiger partial charge in [-0.3, -0.25) is 5.10 Å². The summed E-state index contributed by atoms with van der Waals surface area (Å²) in [5, 5.41) is 10.2. The molecule has 9 heavy (non-hydrogen) atoms. The van der Waals surface area contributed by atoms with Gasteiger partial charge >= 0.3 is 0 Å². The Labute approximate surface area is 53.5 Å². The molecule has 1 aliphatic rings. The lowest BCUT2D eigenvalue weighted by molar-refractivity contribution is 0.992. The SMILES string of the molecule is Cc1[nH]nc2c1CCN2. The fraction of sp³-hybridized carbons (Fsp3) is 0.500. The van der Waals surface area contributed by atoms with Crippen molar-refractivity contribution >= 4 is 5.82 Å². The first-order valence-electron chi connectivity index (χ1n) is 3.15. The van der Waals surface area contributed by atoms with Crippen molar-refractivity contribution in [1.29, 1.82) is 0 Å². The van der Waals surface area contributed by atoms with Gasteiger partial charge < -0.3 is 5.32 Å². The van der Waals surface area contributed by atoms with E-state index in [0.717, 1.165) is 18.8 Å². The van der Waals surface area contributed by atoms with Crippen LogP contribution in [0.3, 0.4) is 0 Å². The molecular formula is C6H9N3. The molecule has 0 aromatic carbocycles. The van der Waals surface area contributed by atoms with Crippen LogP contribution in [-0.4, -0.2) is 16.7 Å². The molecule has 0 aliphatic carbocycles. The molecule has 0 spiro atoms. The van der Waals surface area contributed by atoms with Crippen LogP contribution >= 0.6 is 0 Å². The fourth-order valence-electron chi connectivity index (χ4n) is 1.21. The number of hydrogen-bond donors (Lipinski definition) is 2. The molecule has 0 amide bonds. The number of hydrogen-bond acceptors (Lipinski definition) is 2. The van der Waals surface area contributed by atoms with Crippen LogP contribution in [-0.2, 0) is 6.42 Å². The van der Waals surface area contributed by atoms with Crippen LogP contribution in [0.2, 0.25) is 0 Å². The summed E-state index contributed by atoms with van der Waals surface area (Å²) < 4.78 is 0. The largest absolute Gasteiger partial charge is 0.368 e. The molecule has 1 aromatic rings. The van der Waals surface area contributed by atoms with Gasteiger partial charge in [-0.25, -0.2) is 0 Å².